The summed E-state index contributed by atoms with van der Waals surface area (Å²) in [6.45, 7) is 0.452. The largest absolute Gasteiger partial charge is 0.364 e. The first-order chi connectivity index (χ1) is 10.7. The number of nitrogens with one attached hydrogen (secondary N) is 1. The van der Waals surface area contributed by atoms with Gasteiger partial charge in [0.15, 0.2) is 0 Å². The highest BCUT2D eigenvalue weighted by Crippen LogP contribution is 2.38. The molecular formula is C17H23FN2O2. The van der Waals surface area contributed by atoms with Crippen molar-refractivity contribution in [2.45, 2.75) is 50.4 Å². The number of benzene rings is 1. The second kappa shape index (κ2) is 6.75. The minimum absolute atomic E-state index is 0.0104. The number of ether oxygens (including phenoxy) is 1. The smallest absolute Gasteiger partial charge is 0.249 e. The zero-order valence-corrected chi connectivity index (χ0v) is 12.6. The van der Waals surface area contributed by atoms with E-state index in [1.807, 2.05) is 0 Å². The van der Waals surface area contributed by atoms with Crippen molar-refractivity contribution in [3.63, 3.8) is 0 Å². The Morgan fingerprint density at radius 2 is 2.00 bits per heavy atom. The summed E-state index contributed by atoms with van der Waals surface area (Å²) >= 11 is 0. The monoisotopic (exact) mass is 306 g/mol. The first kappa shape index (κ1) is 15.4. The van der Waals surface area contributed by atoms with Gasteiger partial charge in [-0.3, -0.25) is 4.79 Å². The van der Waals surface area contributed by atoms with Crippen molar-refractivity contribution in [3.05, 3.63) is 35.6 Å². The summed E-state index contributed by atoms with van der Waals surface area (Å²) in [5.41, 5.74) is 6.55. The molecular weight excluding hydrogens is 283 g/mol. The fourth-order valence-corrected chi connectivity index (χ4v) is 3.23. The Balaban J connectivity index is 1.68. The van der Waals surface area contributed by atoms with E-state index in [1.165, 1.54) is 18.6 Å². The lowest BCUT2D eigenvalue weighted by Crippen LogP contribution is -2.41. The van der Waals surface area contributed by atoms with Crippen molar-refractivity contribution in [1.29, 1.82) is 0 Å². The molecule has 1 heterocycles. The predicted octanol–water partition coefficient (Wildman–Crippen LogP) is 2.29. The van der Waals surface area contributed by atoms with Crippen molar-refractivity contribution >= 4 is 5.91 Å². The summed E-state index contributed by atoms with van der Waals surface area (Å²) in [4.78, 5) is 12.5. The number of carbonyl (C=O) groups is 1. The van der Waals surface area contributed by atoms with Gasteiger partial charge in [0.25, 0.3) is 0 Å². The van der Waals surface area contributed by atoms with E-state index in [4.69, 9.17) is 10.5 Å². The summed E-state index contributed by atoms with van der Waals surface area (Å²) in [5, 5.41) is 3.11. The van der Waals surface area contributed by atoms with Gasteiger partial charge in [0.2, 0.25) is 5.91 Å². The molecule has 120 valence electrons. The summed E-state index contributed by atoms with van der Waals surface area (Å²) in [6.07, 6.45) is 4.51. The lowest BCUT2D eigenvalue weighted by Gasteiger charge is -2.35. The first-order valence-corrected chi connectivity index (χ1v) is 8.08. The SMILES string of the molecule is NC[C@H]1CC[C@@H](C(=O)NC(c2ccc(F)cc2)C2CCC2)O1. The Labute approximate surface area is 130 Å². The molecule has 1 saturated carbocycles. The second-order valence-electron chi connectivity index (χ2n) is 6.29. The number of carbonyl (C=O) groups excluding carboxylic acids is 1. The summed E-state index contributed by atoms with van der Waals surface area (Å²) in [6, 6.07) is 6.36. The fraction of sp³-hybridized carbons (Fsp3) is 0.588. The molecule has 1 aliphatic carbocycles. The van der Waals surface area contributed by atoms with Crippen LogP contribution in [0.1, 0.15) is 43.7 Å². The third kappa shape index (κ3) is 3.31. The molecule has 3 atom stereocenters. The van der Waals surface area contributed by atoms with Gasteiger partial charge in [0.1, 0.15) is 11.9 Å². The number of nitrogens with two attached hydrogens (primary N) is 1. The van der Waals surface area contributed by atoms with Crippen molar-refractivity contribution in [2.24, 2.45) is 11.7 Å². The van der Waals surface area contributed by atoms with Crippen LogP contribution in [0.2, 0.25) is 0 Å². The van der Waals surface area contributed by atoms with Gasteiger partial charge in [0.05, 0.1) is 12.1 Å². The molecule has 5 heteroatoms. The number of amides is 1. The van der Waals surface area contributed by atoms with Gasteiger partial charge < -0.3 is 15.8 Å². The van der Waals surface area contributed by atoms with Gasteiger partial charge >= 0.3 is 0 Å². The third-order valence-corrected chi connectivity index (χ3v) is 4.81. The van der Waals surface area contributed by atoms with Crippen molar-refractivity contribution in [3.8, 4) is 0 Å². The van der Waals surface area contributed by atoms with Gasteiger partial charge in [-0.15, -0.1) is 0 Å². The number of halogens is 1. The Bertz CT molecular complexity index is 516. The summed E-state index contributed by atoms with van der Waals surface area (Å²) in [5.74, 6) is 0.102. The highest BCUT2D eigenvalue weighted by Gasteiger charge is 2.34. The van der Waals surface area contributed by atoms with E-state index < -0.39 is 6.10 Å². The molecule has 1 aromatic carbocycles. The molecule has 1 saturated heterocycles. The Hall–Kier alpha value is -1.46. The Morgan fingerprint density at radius 3 is 2.55 bits per heavy atom. The van der Waals surface area contributed by atoms with Crippen LogP contribution in [-0.4, -0.2) is 24.7 Å². The molecule has 3 N–H and O–H groups in total. The van der Waals surface area contributed by atoms with Crippen LogP contribution in [0.25, 0.3) is 0 Å². The molecule has 0 aromatic heterocycles. The minimum Gasteiger partial charge on any atom is -0.364 e. The van der Waals surface area contributed by atoms with Gasteiger partial charge in [-0.05, 0) is 49.3 Å². The maximum atomic E-state index is 13.1. The first-order valence-electron chi connectivity index (χ1n) is 8.08. The minimum atomic E-state index is -0.406. The predicted molar refractivity (Wildman–Crippen MR) is 81.6 cm³/mol. The summed E-state index contributed by atoms with van der Waals surface area (Å²) < 4.78 is 18.8. The normalized spacial score (nSPS) is 26.5. The average Bonchev–Trinajstić information content (AvgIpc) is 2.94. The topological polar surface area (TPSA) is 64.4 Å². The standard InChI is InChI=1S/C17H23FN2O2/c18-13-6-4-12(5-7-13)16(11-2-1-3-11)20-17(21)15-9-8-14(10-19)22-15/h4-7,11,14-16H,1-3,8-10,19H2,(H,20,21)/t14-,15+,16?/m1/s1. The zero-order chi connectivity index (χ0) is 15.5. The maximum Gasteiger partial charge on any atom is 0.249 e. The summed E-state index contributed by atoms with van der Waals surface area (Å²) in [7, 11) is 0. The van der Waals surface area contributed by atoms with E-state index in [1.54, 1.807) is 12.1 Å². The van der Waals surface area contributed by atoms with Crippen LogP contribution in [0, 0.1) is 11.7 Å². The molecule has 1 aliphatic heterocycles. The third-order valence-electron chi connectivity index (χ3n) is 4.81. The number of hydrogen-bond acceptors (Lipinski definition) is 3. The highest BCUT2D eigenvalue weighted by molar-refractivity contribution is 5.81. The molecule has 22 heavy (non-hydrogen) atoms. The van der Waals surface area contributed by atoms with Gasteiger partial charge in [-0.25, -0.2) is 4.39 Å². The number of rotatable bonds is 5. The fourth-order valence-electron chi connectivity index (χ4n) is 3.23. The average molecular weight is 306 g/mol. The molecule has 3 rings (SSSR count). The molecule has 1 unspecified atom stereocenters. The van der Waals surface area contributed by atoms with E-state index in [2.05, 4.69) is 5.32 Å². The molecule has 2 aliphatic rings. The van der Waals surface area contributed by atoms with E-state index in [-0.39, 0.29) is 23.9 Å². The van der Waals surface area contributed by atoms with Gasteiger partial charge in [-0.1, -0.05) is 18.6 Å². The Morgan fingerprint density at radius 1 is 1.27 bits per heavy atom. The molecule has 0 bridgehead atoms. The van der Waals surface area contributed by atoms with E-state index >= 15 is 0 Å². The molecule has 2 fully saturated rings. The highest BCUT2D eigenvalue weighted by atomic mass is 19.1. The van der Waals surface area contributed by atoms with Crippen molar-refractivity contribution < 1.29 is 13.9 Å². The lowest BCUT2D eigenvalue weighted by atomic mass is 9.77. The molecule has 4 nitrogen and oxygen atoms in total. The molecule has 0 spiro atoms. The van der Waals surface area contributed by atoms with E-state index in [0.717, 1.165) is 24.8 Å². The maximum absolute atomic E-state index is 13.1. The van der Waals surface area contributed by atoms with Crippen LogP contribution in [0.3, 0.4) is 0 Å². The molecule has 1 amide bonds. The zero-order valence-electron chi connectivity index (χ0n) is 12.6. The van der Waals surface area contributed by atoms with Crippen LogP contribution in [0.4, 0.5) is 4.39 Å². The van der Waals surface area contributed by atoms with E-state index in [0.29, 0.717) is 18.9 Å². The van der Waals surface area contributed by atoms with Crippen LogP contribution < -0.4 is 11.1 Å². The lowest BCUT2D eigenvalue weighted by molar-refractivity contribution is -0.133. The van der Waals surface area contributed by atoms with Crippen molar-refractivity contribution in [1.82, 2.24) is 5.32 Å². The molecule has 1 aromatic rings. The Kier molecular flexibility index (Phi) is 4.74. The number of hydrogen-bond donors (Lipinski definition) is 2. The quantitative estimate of drug-likeness (QED) is 0.877. The van der Waals surface area contributed by atoms with Gasteiger partial charge in [0, 0.05) is 6.54 Å². The van der Waals surface area contributed by atoms with Gasteiger partial charge in [-0.2, -0.15) is 0 Å². The molecule has 0 radical (unpaired) electrons. The van der Waals surface area contributed by atoms with E-state index in [9.17, 15) is 9.18 Å². The van der Waals surface area contributed by atoms with Crippen LogP contribution >= 0.6 is 0 Å². The van der Waals surface area contributed by atoms with Crippen LogP contribution in [-0.2, 0) is 9.53 Å². The van der Waals surface area contributed by atoms with Crippen LogP contribution in [0.5, 0.6) is 0 Å². The van der Waals surface area contributed by atoms with Crippen molar-refractivity contribution in [2.75, 3.05) is 6.54 Å². The van der Waals surface area contributed by atoms with Crippen LogP contribution in [0.15, 0.2) is 24.3 Å². The second-order valence-corrected chi connectivity index (χ2v) is 6.29.